The van der Waals surface area contributed by atoms with E-state index in [1.165, 1.54) is 12.1 Å². The number of carboxylic acids is 1. The molecule has 0 aliphatic carbocycles. The minimum atomic E-state index is -1.27. The third kappa shape index (κ3) is 1.79. The molecule has 4 nitrogen and oxygen atoms in total. The minimum absolute atomic E-state index is 0.0632. The number of nitrogens with zero attached hydrogens (tertiary/aromatic N) is 1. The van der Waals surface area contributed by atoms with Crippen molar-refractivity contribution in [2.24, 2.45) is 0 Å². The lowest BCUT2D eigenvalue weighted by molar-refractivity contribution is 0.0693. The SMILES string of the molecule is N#Cc1cc(Br)cc(C(=O)O)c1O. The smallest absolute Gasteiger partial charge is 0.339 e. The molecular formula is C8H4BrNO3. The lowest BCUT2D eigenvalue weighted by atomic mass is 10.1. The largest absolute Gasteiger partial charge is 0.506 e. The van der Waals surface area contributed by atoms with Crippen molar-refractivity contribution in [3.8, 4) is 11.8 Å². The highest BCUT2D eigenvalue weighted by Crippen LogP contribution is 2.26. The Labute approximate surface area is 82.2 Å². The number of halogens is 1. The van der Waals surface area contributed by atoms with Crippen molar-refractivity contribution >= 4 is 21.9 Å². The van der Waals surface area contributed by atoms with Gasteiger partial charge >= 0.3 is 5.97 Å². The second kappa shape index (κ2) is 3.46. The maximum Gasteiger partial charge on any atom is 0.339 e. The molecule has 1 aromatic rings. The van der Waals surface area contributed by atoms with Crippen LogP contribution in [-0.4, -0.2) is 16.2 Å². The fourth-order valence-electron chi connectivity index (χ4n) is 0.847. The Kier molecular flexibility index (Phi) is 2.54. The highest BCUT2D eigenvalue weighted by molar-refractivity contribution is 9.10. The van der Waals surface area contributed by atoms with Gasteiger partial charge < -0.3 is 10.2 Å². The summed E-state index contributed by atoms with van der Waals surface area (Å²) in [5.74, 6) is -1.77. The minimum Gasteiger partial charge on any atom is -0.506 e. The third-order valence-corrected chi connectivity index (χ3v) is 1.88. The lowest BCUT2D eigenvalue weighted by Crippen LogP contribution is -1.98. The van der Waals surface area contributed by atoms with Gasteiger partial charge in [0.1, 0.15) is 17.4 Å². The van der Waals surface area contributed by atoms with E-state index in [9.17, 15) is 9.90 Å². The Morgan fingerprint density at radius 3 is 2.62 bits per heavy atom. The Bertz CT molecular complexity index is 409. The first-order valence-electron chi connectivity index (χ1n) is 3.22. The molecule has 1 rings (SSSR count). The molecule has 0 aliphatic heterocycles. The average Bonchev–Trinajstić information content (AvgIpc) is 2.08. The Morgan fingerprint density at radius 1 is 1.54 bits per heavy atom. The van der Waals surface area contributed by atoms with E-state index >= 15 is 0 Å². The van der Waals surface area contributed by atoms with Gasteiger partial charge in [-0.05, 0) is 12.1 Å². The van der Waals surface area contributed by atoms with E-state index < -0.39 is 11.7 Å². The van der Waals surface area contributed by atoms with Crippen molar-refractivity contribution in [1.29, 1.82) is 5.26 Å². The van der Waals surface area contributed by atoms with Crippen LogP contribution < -0.4 is 0 Å². The molecule has 0 atom stereocenters. The van der Waals surface area contributed by atoms with E-state index in [1.807, 2.05) is 0 Å². The standard InChI is InChI=1S/C8H4BrNO3/c9-5-1-4(3-10)7(11)6(2-5)8(12)13/h1-2,11H,(H,12,13). The Balaban J connectivity index is 3.47. The fourth-order valence-corrected chi connectivity index (χ4v) is 1.31. The number of carboxylic acid groups (broad SMARTS) is 1. The summed E-state index contributed by atoms with van der Waals surface area (Å²) in [5, 5.41) is 26.4. The first-order chi connectivity index (χ1) is 6.06. The summed E-state index contributed by atoms with van der Waals surface area (Å²) in [6.07, 6.45) is 0. The maximum atomic E-state index is 10.6. The summed E-state index contributed by atoms with van der Waals surface area (Å²) < 4.78 is 0.444. The van der Waals surface area contributed by atoms with E-state index in [-0.39, 0.29) is 11.1 Å². The van der Waals surface area contributed by atoms with Gasteiger partial charge in [-0.2, -0.15) is 5.26 Å². The average molecular weight is 242 g/mol. The number of hydrogen-bond donors (Lipinski definition) is 2. The van der Waals surface area contributed by atoms with Crippen molar-refractivity contribution in [3.63, 3.8) is 0 Å². The number of carbonyl (C=O) groups is 1. The normalized spacial score (nSPS) is 9.23. The predicted molar refractivity (Wildman–Crippen MR) is 47.5 cm³/mol. The molecule has 0 aliphatic rings. The zero-order valence-electron chi connectivity index (χ0n) is 6.28. The van der Waals surface area contributed by atoms with Crippen LogP contribution in [0.4, 0.5) is 0 Å². The van der Waals surface area contributed by atoms with Crippen LogP contribution >= 0.6 is 15.9 Å². The summed E-state index contributed by atoms with van der Waals surface area (Å²) in [6, 6.07) is 4.27. The molecule has 0 spiro atoms. The van der Waals surface area contributed by atoms with Crippen LogP contribution in [0.15, 0.2) is 16.6 Å². The number of rotatable bonds is 1. The first-order valence-corrected chi connectivity index (χ1v) is 4.01. The van der Waals surface area contributed by atoms with E-state index in [2.05, 4.69) is 15.9 Å². The number of nitriles is 1. The van der Waals surface area contributed by atoms with Gasteiger partial charge in [0, 0.05) is 4.47 Å². The number of aromatic hydroxyl groups is 1. The number of hydrogen-bond acceptors (Lipinski definition) is 3. The van der Waals surface area contributed by atoms with Gasteiger partial charge in [0.2, 0.25) is 0 Å². The number of aromatic carboxylic acids is 1. The molecule has 66 valence electrons. The van der Waals surface area contributed by atoms with Crippen molar-refractivity contribution < 1.29 is 15.0 Å². The highest BCUT2D eigenvalue weighted by Gasteiger charge is 2.14. The van der Waals surface area contributed by atoms with Gasteiger partial charge in [0.05, 0.1) is 5.56 Å². The second-order valence-corrected chi connectivity index (χ2v) is 3.18. The van der Waals surface area contributed by atoms with Gasteiger partial charge in [0.15, 0.2) is 0 Å². The second-order valence-electron chi connectivity index (χ2n) is 2.27. The molecule has 5 heteroatoms. The predicted octanol–water partition coefficient (Wildman–Crippen LogP) is 1.72. The van der Waals surface area contributed by atoms with Crippen molar-refractivity contribution in [2.45, 2.75) is 0 Å². The molecule has 0 bridgehead atoms. The van der Waals surface area contributed by atoms with Crippen LogP contribution in [0.3, 0.4) is 0 Å². The van der Waals surface area contributed by atoms with Gasteiger partial charge in [-0.1, -0.05) is 15.9 Å². The fraction of sp³-hybridized carbons (Fsp3) is 0. The molecule has 0 unspecified atom stereocenters. The first kappa shape index (κ1) is 9.55. The molecule has 0 aromatic heterocycles. The number of benzene rings is 1. The maximum absolute atomic E-state index is 10.6. The van der Waals surface area contributed by atoms with Crippen molar-refractivity contribution in [2.75, 3.05) is 0 Å². The van der Waals surface area contributed by atoms with Crippen LogP contribution in [0.25, 0.3) is 0 Å². The quantitative estimate of drug-likeness (QED) is 0.785. The molecule has 2 N–H and O–H groups in total. The van der Waals surface area contributed by atoms with E-state index in [0.717, 1.165) is 0 Å². The van der Waals surface area contributed by atoms with Gasteiger partial charge in [-0.15, -0.1) is 0 Å². The molecule has 13 heavy (non-hydrogen) atoms. The molecule has 0 saturated carbocycles. The van der Waals surface area contributed by atoms with Gasteiger partial charge in [0.25, 0.3) is 0 Å². The van der Waals surface area contributed by atoms with Crippen LogP contribution in [0, 0.1) is 11.3 Å². The van der Waals surface area contributed by atoms with Crippen LogP contribution in [0.2, 0.25) is 0 Å². The topological polar surface area (TPSA) is 81.3 Å². The van der Waals surface area contributed by atoms with Gasteiger partial charge in [-0.3, -0.25) is 0 Å². The summed E-state index contributed by atoms with van der Waals surface area (Å²) in [5.41, 5.74) is -0.349. The van der Waals surface area contributed by atoms with Crippen LogP contribution in [-0.2, 0) is 0 Å². The number of phenols is 1. The van der Waals surface area contributed by atoms with E-state index in [1.54, 1.807) is 6.07 Å². The molecule has 1 aromatic carbocycles. The zero-order chi connectivity index (χ0) is 10.0. The van der Waals surface area contributed by atoms with Crippen molar-refractivity contribution in [1.82, 2.24) is 0 Å². The highest BCUT2D eigenvalue weighted by atomic mass is 79.9. The van der Waals surface area contributed by atoms with Crippen LogP contribution in [0.5, 0.6) is 5.75 Å². The van der Waals surface area contributed by atoms with E-state index in [0.29, 0.717) is 4.47 Å². The third-order valence-electron chi connectivity index (χ3n) is 1.43. The van der Waals surface area contributed by atoms with Gasteiger partial charge in [-0.25, -0.2) is 4.79 Å². The molecule has 0 saturated heterocycles. The lowest BCUT2D eigenvalue weighted by Gasteiger charge is -2.01. The summed E-state index contributed by atoms with van der Waals surface area (Å²) >= 11 is 3.03. The molecular weight excluding hydrogens is 238 g/mol. The summed E-state index contributed by atoms with van der Waals surface area (Å²) in [6.45, 7) is 0. The van der Waals surface area contributed by atoms with E-state index in [4.69, 9.17) is 10.4 Å². The Morgan fingerprint density at radius 2 is 2.15 bits per heavy atom. The van der Waals surface area contributed by atoms with Crippen molar-refractivity contribution in [3.05, 3.63) is 27.7 Å². The Hall–Kier alpha value is -1.54. The zero-order valence-corrected chi connectivity index (χ0v) is 7.87. The summed E-state index contributed by atoms with van der Waals surface area (Å²) in [4.78, 5) is 10.6. The monoisotopic (exact) mass is 241 g/mol. The molecule has 0 fully saturated rings. The van der Waals surface area contributed by atoms with Crippen LogP contribution in [0.1, 0.15) is 15.9 Å². The molecule has 0 amide bonds. The summed E-state index contributed by atoms with van der Waals surface area (Å²) in [7, 11) is 0. The molecule has 0 heterocycles. The molecule has 0 radical (unpaired) electrons.